The predicted octanol–water partition coefficient (Wildman–Crippen LogP) is -0.369. The number of amides is 2. The first kappa shape index (κ1) is 17.6. The molecule has 0 saturated heterocycles. The summed E-state index contributed by atoms with van der Waals surface area (Å²) in [5, 5.41) is 14.8. The monoisotopic (exact) mass is 284 g/mol. The van der Waals surface area contributed by atoms with Crippen LogP contribution in [0.25, 0.3) is 5.43 Å². The average molecular weight is 285 g/mol. The number of carbonyl (C=O) groups excluding carboxylic acids is 1. The molecular formula is C9H12N3NiO4+. The van der Waals surface area contributed by atoms with Gasteiger partial charge in [0.2, 0.25) is 0 Å². The molecule has 17 heavy (non-hydrogen) atoms. The molecule has 0 bridgehead atoms. The number of para-hydroxylation sites is 1. The number of methoxy groups -OCH3 is 1. The number of urea groups is 1. The maximum Gasteiger partial charge on any atom is 2.00 e. The Labute approximate surface area is 108 Å². The molecule has 0 radical (unpaired) electrons. The summed E-state index contributed by atoms with van der Waals surface area (Å²) >= 11 is 0. The molecule has 0 aliphatic heterocycles. The Balaban J connectivity index is 0. The molecule has 1 aromatic rings. The molecule has 0 aliphatic carbocycles. The third-order valence-corrected chi connectivity index (χ3v) is 1.58. The van der Waals surface area contributed by atoms with Crippen molar-refractivity contribution in [3.05, 3.63) is 29.2 Å². The molecule has 0 aromatic heterocycles. The minimum atomic E-state index is -0.915. The standard InChI is InChI=1S/C9H11N3O3.Ni.H2O/c1-15-7-4-2-3-6(8(7)13)5-11-12-9(10)14;;/h2-5H,1H3,(H4,10,11,12,13,14);;1H2/q;+2;/p-1. The number of benzene rings is 1. The van der Waals surface area contributed by atoms with Crippen LogP contribution in [-0.4, -0.2) is 19.4 Å². The molecule has 0 saturated carbocycles. The minimum Gasteiger partial charge on any atom is -0.870 e. The fourth-order valence-electron chi connectivity index (χ4n) is 0.943. The van der Waals surface area contributed by atoms with Gasteiger partial charge >= 0.3 is 16.5 Å². The Morgan fingerprint density at radius 2 is 2.24 bits per heavy atom. The molecule has 2 amide bonds. The Bertz CT molecular complexity index is 398. The maximum atomic E-state index is 11.5. The zero-order valence-corrected chi connectivity index (χ0v) is 9.89. The van der Waals surface area contributed by atoms with Gasteiger partial charge in [0.25, 0.3) is 0 Å². The van der Waals surface area contributed by atoms with Gasteiger partial charge in [-0.15, -0.1) is 0 Å². The van der Waals surface area contributed by atoms with Crippen molar-refractivity contribution in [2.45, 2.75) is 0 Å². The Morgan fingerprint density at radius 1 is 1.59 bits per heavy atom. The van der Waals surface area contributed by atoms with Crippen molar-refractivity contribution in [2.24, 2.45) is 10.8 Å². The second-order valence-electron chi connectivity index (χ2n) is 2.56. The molecule has 0 aliphatic rings. The van der Waals surface area contributed by atoms with Crippen LogP contribution in [0.3, 0.4) is 0 Å². The van der Waals surface area contributed by atoms with Gasteiger partial charge in [-0.1, -0.05) is 17.9 Å². The van der Waals surface area contributed by atoms with Crippen LogP contribution in [0.15, 0.2) is 23.3 Å². The number of ether oxygens (including phenoxy) is 1. The van der Waals surface area contributed by atoms with E-state index in [-0.39, 0.29) is 39.0 Å². The van der Waals surface area contributed by atoms with Gasteiger partial charge in [0.15, 0.2) is 6.03 Å². The molecule has 0 spiro atoms. The van der Waals surface area contributed by atoms with Gasteiger partial charge < -0.3 is 26.5 Å². The van der Waals surface area contributed by atoms with Gasteiger partial charge in [0.05, 0.1) is 7.11 Å². The molecule has 0 heterocycles. The number of rotatable bonds is 3. The minimum absolute atomic E-state index is 0. The zero-order chi connectivity index (χ0) is 11.3. The van der Waals surface area contributed by atoms with Crippen LogP contribution in [0.2, 0.25) is 0 Å². The number of hydrogen-bond donors (Lipinski definition) is 1. The van der Waals surface area contributed by atoms with E-state index < -0.39 is 6.03 Å². The van der Waals surface area contributed by atoms with E-state index in [1.165, 1.54) is 19.2 Å². The van der Waals surface area contributed by atoms with Crippen molar-refractivity contribution in [1.29, 1.82) is 0 Å². The fraction of sp³-hybridized carbons (Fsp3) is 0.111. The third-order valence-electron chi connectivity index (χ3n) is 1.58. The summed E-state index contributed by atoms with van der Waals surface area (Å²) in [4.78, 5) is 10.2. The molecule has 1 rings (SSSR count). The molecule has 0 fully saturated rings. The summed E-state index contributed by atoms with van der Waals surface area (Å²) in [7, 11) is 1.39. The van der Waals surface area contributed by atoms with Crippen LogP contribution < -0.4 is 15.6 Å². The third kappa shape index (κ3) is 5.19. The van der Waals surface area contributed by atoms with Crippen molar-refractivity contribution < 1.29 is 36.6 Å². The smallest absolute Gasteiger partial charge is 0.870 e. The van der Waals surface area contributed by atoms with Crippen LogP contribution in [0.5, 0.6) is 11.5 Å². The SMILES string of the molecule is COc1cccc(/C=N/[N-]C(N)=O)c1[O-].[Ni+2].[OH3+]. The van der Waals surface area contributed by atoms with E-state index in [9.17, 15) is 9.90 Å². The Kier molecular flexibility index (Phi) is 8.67. The van der Waals surface area contributed by atoms with Crippen LogP contribution in [0, 0.1) is 0 Å². The Hall–Kier alpha value is -1.79. The maximum absolute atomic E-state index is 11.5. The molecule has 5 N–H and O–H groups in total. The molecule has 7 nitrogen and oxygen atoms in total. The molecule has 0 unspecified atom stereocenters. The van der Waals surface area contributed by atoms with E-state index in [0.29, 0.717) is 0 Å². The normalized spacial score (nSPS) is 9.00. The summed E-state index contributed by atoms with van der Waals surface area (Å²) in [5.41, 5.74) is 8.05. The van der Waals surface area contributed by atoms with Gasteiger partial charge in [-0.05, 0) is 11.6 Å². The van der Waals surface area contributed by atoms with Crippen molar-refractivity contribution in [3.8, 4) is 11.5 Å². The van der Waals surface area contributed by atoms with Gasteiger partial charge in [-0.3, -0.25) is 9.90 Å². The van der Waals surface area contributed by atoms with Gasteiger partial charge in [0, 0.05) is 6.21 Å². The van der Waals surface area contributed by atoms with Crippen LogP contribution >= 0.6 is 0 Å². The second-order valence-corrected chi connectivity index (χ2v) is 2.56. The van der Waals surface area contributed by atoms with Crippen LogP contribution in [-0.2, 0) is 22.0 Å². The van der Waals surface area contributed by atoms with Gasteiger partial charge in [-0.25, -0.2) is 0 Å². The van der Waals surface area contributed by atoms with Crippen molar-refractivity contribution in [3.63, 3.8) is 0 Å². The van der Waals surface area contributed by atoms with Crippen molar-refractivity contribution in [2.75, 3.05) is 7.11 Å². The summed E-state index contributed by atoms with van der Waals surface area (Å²) in [5.74, 6) is -0.110. The van der Waals surface area contributed by atoms with E-state index in [0.717, 1.165) is 6.21 Å². The first-order chi connectivity index (χ1) is 7.15. The molecular weight excluding hydrogens is 273 g/mol. The predicted molar refractivity (Wildman–Crippen MR) is 57.8 cm³/mol. The topological polar surface area (TPSA) is 135 Å². The number of hydrogen-bond acceptors (Lipinski definition) is 4. The molecule has 1 aromatic carbocycles. The first-order valence-corrected chi connectivity index (χ1v) is 4.02. The van der Waals surface area contributed by atoms with Crippen LogP contribution in [0.4, 0.5) is 4.79 Å². The van der Waals surface area contributed by atoms with Gasteiger partial charge in [-0.2, -0.15) is 0 Å². The number of carbonyl (C=O) groups is 1. The largest absolute Gasteiger partial charge is 2.00 e. The van der Waals surface area contributed by atoms with Crippen molar-refractivity contribution >= 4 is 12.2 Å². The van der Waals surface area contributed by atoms with Gasteiger partial charge in [0.1, 0.15) is 5.75 Å². The summed E-state index contributed by atoms with van der Waals surface area (Å²) in [6, 6.07) is 3.78. The Morgan fingerprint density at radius 3 is 2.76 bits per heavy atom. The van der Waals surface area contributed by atoms with E-state index in [2.05, 4.69) is 10.5 Å². The van der Waals surface area contributed by atoms with Crippen molar-refractivity contribution in [1.82, 2.24) is 0 Å². The zero-order valence-electron chi connectivity index (χ0n) is 8.90. The number of nitrogens with zero attached hydrogens (tertiary/aromatic N) is 2. The number of primary amides is 1. The number of nitrogens with two attached hydrogens (primary N) is 1. The molecule has 96 valence electrons. The molecule has 0 atom stereocenters. The first-order valence-electron chi connectivity index (χ1n) is 4.02. The summed E-state index contributed by atoms with van der Waals surface area (Å²) in [6.45, 7) is 0. The quantitative estimate of drug-likeness (QED) is 0.351. The van der Waals surface area contributed by atoms with E-state index in [4.69, 9.17) is 10.5 Å². The van der Waals surface area contributed by atoms with E-state index >= 15 is 0 Å². The van der Waals surface area contributed by atoms with E-state index in [1.54, 1.807) is 6.07 Å². The fourth-order valence-corrected chi connectivity index (χ4v) is 0.943. The molecule has 8 heteroatoms. The summed E-state index contributed by atoms with van der Waals surface area (Å²) < 4.78 is 4.82. The average Bonchev–Trinajstić information content (AvgIpc) is 2.20. The van der Waals surface area contributed by atoms with E-state index in [1.807, 2.05) is 0 Å². The van der Waals surface area contributed by atoms with Crippen LogP contribution in [0.1, 0.15) is 5.56 Å². The summed E-state index contributed by atoms with van der Waals surface area (Å²) in [6.07, 6.45) is 1.15. The second kappa shape index (κ2) is 8.38.